The first-order valence-electron chi connectivity index (χ1n) is 8.36. The fraction of sp³-hybridized carbons (Fsp3) is 0.235. The molecule has 1 aliphatic carbocycles. The van der Waals surface area contributed by atoms with Crippen molar-refractivity contribution >= 4 is 45.7 Å². The Bertz CT molecular complexity index is 1020. The molecule has 0 bridgehead atoms. The maximum Gasteiger partial charge on any atom is 0.279 e. The Morgan fingerprint density at radius 1 is 1.25 bits per heavy atom. The van der Waals surface area contributed by atoms with Crippen LogP contribution in [0.2, 0.25) is 0 Å². The van der Waals surface area contributed by atoms with Gasteiger partial charge in [-0.15, -0.1) is 10.2 Å². The lowest BCUT2D eigenvalue weighted by atomic mass is 10.3. The highest BCUT2D eigenvalue weighted by molar-refractivity contribution is 8.01. The summed E-state index contributed by atoms with van der Waals surface area (Å²) in [5, 5.41) is 17.1. The van der Waals surface area contributed by atoms with Crippen LogP contribution in [0.3, 0.4) is 0 Å². The first-order chi connectivity index (χ1) is 13.6. The van der Waals surface area contributed by atoms with Crippen molar-refractivity contribution in [2.45, 2.75) is 23.1 Å². The SMILES string of the molecule is O=C(CSc1nnc(NC(=O)c2cc(C3CC3)on2)s1)Nc1cccc(F)c1. The molecule has 144 valence electrons. The van der Waals surface area contributed by atoms with E-state index in [9.17, 15) is 14.0 Å². The number of nitrogens with one attached hydrogen (secondary N) is 2. The number of nitrogens with zero attached hydrogens (tertiary/aromatic N) is 3. The molecule has 1 saturated carbocycles. The van der Waals surface area contributed by atoms with Gasteiger partial charge in [-0.3, -0.25) is 14.9 Å². The van der Waals surface area contributed by atoms with Crippen LogP contribution in [-0.4, -0.2) is 32.9 Å². The van der Waals surface area contributed by atoms with Gasteiger partial charge in [0.15, 0.2) is 10.0 Å². The van der Waals surface area contributed by atoms with E-state index in [1.165, 1.54) is 30.0 Å². The van der Waals surface area contributed by atoms with Gasteiger partial charge in [0, 0.05) is 17.7 Å². The van der Waals surface area contributed by atoms with Crippen LogP contribution in [0.4, 0.5) is 15.2 Å². The van der Waals surface area contributed by atoms with Crippen molar-refractivity contribution in [3.8, 4) is 0 Å². The lowest BCUT2D eigenvalue weighted by Gasteiger charge is -2.03. The van der Waals surface area contributed by atoms with Gasteiger partial charge >= 0.3 is 0 Å². The molecule has 0 radical (unpaired) electrons. The molecule has 3 aromatic rings. The van der Waals surface area contributed by atoms with Gasteiger partial charge in [0.05, 0.1) is 5.75 Å². The number of amides is 2. The Morgan fingerprint density at radius 2 is 2.11 bits per heavy atom. The Kier molecular flexibility index (Phi) is 5.35. The second-order valence-electron chi connectivity index (χ2n) is 6.06. The minimum atomic E-state index is -0.425. The maximum atomic E-state index is 13.1. The average molecular weight is 419 g/mol. The van der Waals surface area contributed by atoms with Gasteiger partial charge in [0.2, 0.25) is 11.0 Å². The summed E-state index contributed by atoms with van der Waals surface area (Å²) in [5.41, 5.74) is 0.578. The quantitative estimate of drug-likeness (QED) is 0.445. The molecule has 0 atom stereocenters. The molecule has 2 N–H and O–H groups in total. The highest BCUT2D eigenvalue weighted by atomic mass is 32.2. The van der Waals surface area contributed by atoms with E-state index < -0.39 is 11.7 Å². The van der Waals surface area contributed by atoms with Crippen molar-refractivity contribution < 1.29 is 18.5 Å². The number of hydrogen-bond acceptors (Lipinski definition) is 8. The number of hydrogen-bond donors (Lipinski definition) is 2. The Morgan fingerprint density at radius 3 is 2.89 bits per heavy atom. The molecule has 2 heterocycles. The van der Waals surface area contributed by atoms with Crippen molar-refractivity contribution in [2.75, 3.05) is 16.4 Å². The predicted molar refractivity (Wildman–Crippen MR) is 102 cm³/mol. The van der Waals surface area contributed by atoms with E-state index in [1.807, 2.05) is 0 Å². The molecule has 4 rings (SSSR count). The molecule has 1 fully saturated rings. The van der Waals surface area contributed by atoms with Gasteiger partial charge in [-0.1, -0.05) is 34.3 Å². The largest absolute Gasteiger partial charge is 0.360 e. The predicted octanol–water partition coefficient (Wildman–Crippen LogP) is 3.53. The van der Waals surface area contributed by atoms with Gasteiger partial charge in [-0.2, -0.15) is 0 Å². The molecule has 11 heteroatoms. The van der Waals surface area contributed by atoms with Gasteiger partial charge < -0.3 is 9.84 Å². The van der Waals surface area contributed by atoms with E-state index in [4.69, 9.17) is 4.52 Å². The second kappa shape index (κ2) is 8.07. The molecular formula is C17H14FN5O3S2. The smallest absolute Gasteiger partial charge is 0.279 e. The Hall–Kier alpha value is -2.79. The molecular weight excluding hydrogens is 405 g/mol. The van der Waals surface area contributed by atoms with E-state index in [2.05, 4.69) is 26.0 Å². The molecule has 1 aliphatic rings. The molecule has 0 aliphatic heterocycles. The molecule has 0 saturated heterocycles. The summed E-state index contributed by atoms with van der Waals surface area (Å²) in [6.07, 6.45) is 2.11. The highest BCUT2D eigenvalue weighted by Crippen LogP contribution is 2.40. The molecule has 2 amide bonds. The highest BCUT2D eigenvalue weighted by Gasteiger charge is 2.29. The van der Waals surface area contributed by atoms with Crippen LogP contribution < -0.4 is 10.6 Å². The Balaban J connectivity index is 1.27. The van der Waals surface area contributed by atoms with Crippen molar-refractivity contribution in [3.05, 3.63) is 47.6 Å². The van der Waals surface area contributed by atoms with E-state index in [-0.39, 0.29) is 17.4 Å². The maximum absolute atomic E-state index is 13.1. The summed E-state index contributed by atoms with van der Waals surface area (Å²) in [6, 6.07) is 7.29. The zero-order valence-electron chi connectivity index (χ0n) is 14.3. The molecule has 1 aromatic carbocycles. The van der Waals surface area contributed by atoms with Gasteiger partial charge in [-0.25, -0.2) is 4.39 Å². The van der Waals surface area contributed by atoms with E-state index in [0.717, 1.165) is 29.9 Å². The van der Waals surface area contributed by atoms with Crippen LogP contribution >= 0.6 is 23.1 Å². The van der Waals surface area contributed by atoms with Crippen LogP contribution in [0.5, 0.6) is 0 Å². The molecule has 28 heavy (non-hydrogen) atoms. The summed E-state index contributed by atoms with van der Waals surface area (Å²) < 4.78 is 18.8. The number of halogens is 1. The number of anilines is 2. The normalized spacial score (nSPS) is 13.3. The monoisotopic (exact) mass is 419 g/mol. The first-order valence-corrected chi connectivity index (χ1v) is 10.2. The lowest BCUT2D eigenvalue weighted by Crippen LogP contribution is -2.13. The number of thioether (sulfide) groups is 1. The summed E-state index contributed by atoms with van der Waals surface area (Å²) in [5.74, 6) is 0.0258. The second-order valence-corrected chi connectivity index (χ2v) is 8.26. The van der Waals surface area contributed by atoms with Crippen molar-refractivity contribution in [1.29, 1.82) is 0 Å². The zero-order chi connectivity index (χ0) is 19.5. The molecule has 0 spiro atoms. The number of carbonyl (C=O) groups excluding carboxylic acids is 2. The topological polar surface area (TPSA) is 110 Å². The number of rotatable bonds is 7. The number of aromatic nitrogens is 3. The summed E-state index contributed by atoms with van der Waals surface area (Å²) in [6.45, 7) is 0. The third kappa shape index (κ3) is 4.73. The third-order valence-electron chi connectivity index (χ3n) is 3.80. The number of benzene rings is 1. The minimum Gasteiger partial charge on any atom is -0.360 e. The molecule has 0 unspecified atom stereocenters. The minimum absolute atomic E-state index is 0.0765. The van der Waals surface area contributed by atoms with E-state index in [0.29, 0.717) is 21.1 Å². The van der Waals surface area contributed by atoms with Gasteiger partial charge in [0.25, 0.3) is 5.91 Å². The first kappa shape index (κ1) is 18.6. The van der Waals surface area contributed by atoms with Gasteiger partial charge in [0.1, 0.15) is 11.6 Å². The summed E-state index contributed by atoms with van der Waals surface area (Å²) >= 11 is 2.31. The summed E-state index contributed by atoms with van der Waals surface area (Å²) in [7, 11) is 0. The van der Waals surface area contributed by atoms with Crippen molar-refractivity contribution in [2.24, 2.45) is 0 Å². The van der Waals surface area contributed by atoms with Crippen molar-refractivity contribution in [1.82, 2.24) is 15.4 Å². The van der Waals surface area contributed by atoms with Crippen LogP contribution in [0, 0.1) is 5.82 Å². The van der Waals surface area contributed by atoms with Crippen LogP contribution in [0.1, 0.15) is 35.0 Å². The van der Waals surface area contributed by atoms with Crippen LogP contribution in [0.25, 0.3) is 0 Å². The van der Waals surface area contributed by atoms with Crippen LogP contribution in [-0.2, 0) is 4.79 Å². The Labute approximate surface area is 166 Å². The molecule has 2 aromatic heterocycles. The fourth-order valence-electron chi connectivity index (χ4n) is 2.33. The number of carbonyl (C=O) groups is 2. The van der Waals surface area contributed by atoms with Crippen molar-refractivity contribution in [3.63, 3.8) is 0 Å². The zero-order valence-corrected chi connectivity index (χ0v) is 16.0. The standard InChI is InChI=1S/C17H14FN5O3S2/c18-10-2-1-3-11(6-10)19-14(24)8-27-17-22-21-16(28-17)20-15(25)12-7-13(26-23-12)9-4-5-9/h1-3,6-7,9H,4-5,8H2,(H,19,24)(H,20,21,25). The summed E-state index contributed by atoms with van der Waals surface area (Å²) in [4.78, 5) is 24.1. The average Bonchev–Trinajstić information content (AvgIpc) is 3.22. The third-order valence-corrected chi connectivity index (χ3v) is 5.77. The molecule has 8 nitrogen and oxygen atoms in total. The van der Waals surface area contributed by atoms with Gasteiger partial charge in [-0.05, 0) is 31.0 Å². The fourth-order valence-corrected chi connectivity index (χ4v) is 3.87. The van der Waals surface area contributed by atoms with E-state index >= 15 is 0 Å². The van der Waals surface area contributed by atoms with E-state index in [1.54, 1.807) is 12.1 Å². The van der Waals surface area contributed by atoms with Crippen LogP contribution in [0.15, 0.2) is 39.2 Å². The lowest BCUT2D eigenvalue weighted by molar-refractivity contribution is -0.113.